The van der Waals surface area contributed by atoms with E-state index < -0.39 is 6.10 Å². The lowest BCUT2D eigenvalue weighted by atomic mass is 9.95. The molecule has 0 saturated carbocycles. The zero-order chi connectivity index (χ0) is 16.1. The number of nitrogens with one attached hydrogen (secondary N) is 1. The molecule has 0 bridgehead atoms. The lowest BCUT2D eigenvalue weighted by molar-refractivity contribution is -0.157. The predicted molar refractivity (Wildman–Crippen MR) is 86.6 cm³/mol. The molecule has 2 atom stereocenters. The maximum absolute atomic E-state index is 12.2. The average Bonchev–Trinajstić information content (AvgIpc) is 2.51. The van der Waals surface area contributed by atoms with Gasteiger partial charge in [0.05, 0.1) is 5.92 Å². The van der Waals surface area contributed by atoms with Crippen molar-refractivity contribution >= 4 is 17.6 Å². The fourth-order valence-electron chi connectivity index (χ4n) is 2.44. The number of amides is 1. The van der Waals surface area contributed by atoms with Crippen LogP contribution in [0.25, 0.3) is 0 Å². The Bertz CT molecular complexity index is 592. The number of ether oxygens (including phenoxy) is 1. The van der Waals surface area contributed by atoms with Gasteiger partial charge in [0.15, 0.2) is 6.10 Å². The van der Waals surface area contributed by atoms with Crippen molar-refractivity contribution in [2.45, 2.75) is 46.1 Å². The average molecular weight is 301 g/mol. The summed E-state index contributed by atoms with van der Waals surface area (Å²) in [5, 5.41) is 2.83. The zero-order valence-electron chi connectivity index (χ0n) is 13.4. The minimum absolute atomic E-state index is 0.124. The molecule has 0 fully saturated rings. The maximum Gasteiger partial charge on any atom is 0.310 e. The molecule has 4 heteroatoms. The minimum Gasteiger partial charge on any atom is -0.452 e. The van der Waals surface area contributed by atoms with Crippen LogP contribution in [0.3, 0.4) is 0 Å². The van der Waals surface area contributed by atoms with E-state index in [1.807, 2.05) is 38.1 Å². The molecular formula is C18H23NO3. The monoisotopic (exact) mass is 301 g/mol. The van der Waals surface area contributed by atoms with Crippen molar-refractivity contribution in [2.75, 3.05) is 5.32 Å². The van der Waals surface area contributed by atoms with Gasteiger partial charge in [-0.1, -0.05) is 24.3 Å². The number of benzene rings is 1. The van der Waals surface area contributed by atoms with Crippen LogP contribution < -0.4 is 5.32 Å². The molecule has 0 aliphatic heterocycles. The first-order valence-corrected chi connectivity index (χ1v) is 7.71. The summed E-state index contributed by atoms with van der Waals surface area (Å²) >= 11 is 0. The summed E-state index contributed by atoms with van der Waals surface area (Å²) in [7, 11) is 0. The number of aryl methyl sites for hydroxylation is 2. The number of rotatable bonds is 4. The molecule has 118 valence electrons. The van der Waals surface area contributed by atoms with Crippen LogP contribution in [0.2, 0.25) is 0 Å². The highest BCUT2D eigenvalue weighted by molar-refractivity contribution is 5.95. The summed E-state index contributed by atoms with van der Waals surface area (Å²) in [5.74, 6) is -0.706. The summed E-state index contributed by atoms with van der Waals surface area (Å²) in [5.41, 5.74) is 2.81. The van der Waals surface area contributed by atoms with Gasteiger partial charge in [-0.05, 0) is 57.2 Å². The molecule has 1 aromatic carbocycles. The normalized spacial score (nSPS) is 18.6. The van der Waals surface area contributed by atoms with Crippen molar-refractivity contribution in [3.05, 3.63) is 41.5 Å². The number of hydrogen-bond acceptors (Lipinski definition) is 3. The van der Waals surface area contributed by atoms with E-state index in [-0.39, 0.29) is 17.8 Å². The molecule has 1 aliphatic rings. The summed E-state index contributed by atoms with van der Waals surface area (Å²) < 4.78 is 5.31. The summed E-state index contributed by atoms with van der Waals surface area (Å²) in [6.07, 6.45) is 5.66. The zero-order valence-corrected chi connectivity index (χ0v) is 13.4. The summed E-state index contributed by atoms with van der Waals surface area (Å²) in [4.78, 5) is 24.2. The SMILES string of the molecule is Cc1ccc(C)c(NC(=O)[C@H](C)OC(=O)[C@@H]2CC=CCC2)c1. The van der Waals surface area contributed by atoms with Gasteiger partial charge in [0.1, 0.15) is 0 Å². The smallest absolute Gasteiger partial charge is 0.310 e. The summed E-state index contributed by atoms with van der Waals surface area (Å²) in [6, 6.07) is 5.86. The Hall–Kier alpha value is -2.10. The number of hydrogen-bond donors (Lipinski definition) is 1. The van der Waals surface area contributed by atoms with E-state index in [1.165, 1.54) is 0 Å². The van der Waals surface area contributed by atoms with Crippen molar-refractivity contribution in [2.24, 2.45) is 5.92 Å². The number of anilines is 1. The highest BCUT2D eigenvalue weighted by Gasteiger charge is 2.25. The predicted octanol–water partition coefficient (Wildman–Crippen LogP) is 3.53. The molecule has 1 aromatic rings. The molecule has 22 heavy (non-hydrogen) atoms. The van der Waals surface area contributed by atoms with E-state index in [4.69, 9.17) is 4.74 Å². The van der Waals surface area contributed by atoms with Gasteiger partial charge < -0.3 is 10.1 Å². The molecule has 1 aliphatic carbocycles. The maximum atomic E-state index is 12.2. The minimum atomic E-state index is -0.793. The first kappa shape index (κ1) is 16.3. The first-order chi connectivity index (χ1) is 10.5. The molecule has 0 aromatic heterocycles. The third kappa shape index (κ3) is 4.20. The largest absolute Gasteiger partial charge is 0.452 e. The molecule has 0 saturated heterocycles. The van der Waals surface area contributed by atoms with Crippen LogP contribution in [0, 0.1) is 19.8 Å². The van der Waals surface area contributed by atoms with E-state index >= 15 is 0 Å². The first-order valence-electron chi connectivity index (χ1n) is 7.71. The van der Waals surface area contributed by atoms with Gasteiger partial charge in [-0.25, -0.2) is 0 Å². The Morgan fingerprint density at radius 3 is 2.73 bits per heavy atom. The second-order valence-electron chi connectivity index (χ2n) is 5.87. The quantitative estimate of drug-likeness (QED) is 0.683. The van der Waals surface area contributed by atoms with Crippen molar-refractivity contribution < 1.29 is 14.3 Å². The van der Waals surface area contributed by atoms with Crippen LogP contribution >= 0.6 is 0 Å². The molecule has 0 radical (unpaired) electrons. The van der Waals surface area contributed by atoms with E-state index in [1.54, 1.807) is 6.92 Å². The van der Waals surface area contributed by atoms with Gasteiger partial charge in [-0.2, -0.15) is 0 Å². The Balaban J connectivity index is 1.93. The Labute approximate surface area is 131 Å². The van der Waals surface area contributed by atoms with Crippen LogP contribution in [0.15, 0.2) is 30.4 Å². The Kier molecular flexibility index (Phi) is 5.36. The van der Waals surface area contributed by atoms with Crippen molar-refractivity contribution in [3.8, 4) is 0 Å². The molecular weight excluding hydrogens is 278 g/mol. The van der Waals surface area contributed by atoms with Crippen LogP contribution in [0.5, 0.6) is 0 Å². The van der Waals surface area contributed by atoms with Gasteiger partial charge in [0.2, 0.25) is 0 Å². The van der Waals surface area contributed by atoms with Gasteiger partial charge in [-0.15, -0.1) is 0 Å². The van der Waals surface area contributed by atoms with Crippen LogP contribution in [0.1, 0.15) is 37.3 Å². The van der Waals surface area contributed by atoms with Crippen molar-refractivity contribution in [1.82, 2.24) is 0 Å². The lowest BCUT2D eigenvalue weighted by Gasteiger charge is -2.20. The molecule has 0 spiro atoms. The van der Waals surface area contributed by atoms with Crippen molar-refractivity contribution in [3.63, 3.8) is 0 Å². The Morgan fingerprint density at radius 2 is 2.05 bits per heavy atom. The third-order valence-electron chi connectivity index (χ3n) is 3.92. The van der Waals surface area contributed by atoms with Crippen molar-refractivity contribution in [1.29, 1.82) is 0 Å². The highest BCUT2D eigenvalue weighted by Crippen LogP contribution is 2.21. The van der Waals surface area contributed by atoms with Gasteiger partial charge in [0, 0.05) is 5.69 Å². The highest BCUT2D eigenvalue weighted by atomic mass is 16.5. The fraction of sp³-hybridized carbons (Fsp3) is 0.444. The van der Waals surface area contributed by atoms with Gasteiger partial charge in [0.25, 0.3) is 5.91 Å². The second kappa shape index (κ2) is 7.25. The molecule has 4 nitrogen and oxygen atoms in total. The standard InChI is InChI=1S/C18H23NO3/c1-12-9-10-13(2)16(11-12)19-17(20)14(3)22-18(21)15-7-5-4-6-8-15/h4-5,9-11,14-15H,6-8H2,1-3H3,(H,19,20)/t14-,15+/m0/s1. The lowest BCUT2D eigenvalue weighted by Crippen LogP contribution is -2.32. The van der Waals surface area contributed by atoms with Gasteiger partial charge >= 0.3 is 5.97 Å². The molecule has 1 N–H and O–H groups in total. The van der Waals surface area contributed by atoms with E-state index in [2.05, 4.69) is 11.4 Å². The number of esters is 1. The van der Waals surface area contributed by atoms with Gasteiger partial charge in [-0.3, -0.25) is 9.59 Å². The topological polar surface area (TPSA) is 55.4 Å². The number of carbonyl (C=O) groups excluding carboxylic acids is 2. The van der Waals surface area contributed by atoms with Crippen LogP contribution in [0.4, 0.5) is 5.69 Å². The van der Waals surface area contributed by atoms with E-state index in [0.29, 0.717) is 6.42 Å². The molecule has 0 heterocycles. The van der Waals surface area contributed by atoms with E-state index in [9.17, 15) is 9.59 Å². The van der Waals surface area contributed by atoms with Crippen LogP contribution in [-0.4, -0.2) is 18.0 Å². The van der Waals surface area contributed by atoms with E-state index in [0.717, 1.165) is 29.7 Å². The fourth-order valence-corrected chi connectivity index (χ4v) is 2.44. The molecule has 1 amide bonds. The third-order valence-corrected chi connectivity index (χ3v) is 3.92. The second-order valence-corrected chi connectivity index (χ2v) is 5.87. The van der Waals surface area contributed by atoms with Crippen LogP contribution in [-0.2, 0) is 14.3 Å². The molecule has 2 rings (SSSR count). The summed E-state index contributed by atoms with van der Waals surface area (Å²) in [6.45, 7) is 5.51. The number of allylic oxidation sites excluding steroid dienone is 2. The number of carbonyl (C=O) groups is 2. The molecule has 0 unspecified atom stereocenters. The Morgan fingerprint density at radius 1 is 1.27 bits per heavy atom.